The Kier molecular flexibility index (Phi) is 5.21. The lowest BCUT2D eigenvalue weighted by molar-refractivity contribution is 0.244. The lowest BCUT2D eigenvalue weighted by Gasteiger charge is -2.40. The zero-order valence-corrected chi connectivity index (χ0v) is 18.0. The molecule has 1 spiro atoms. The second kappa shape index (κ2) is 7.67. The molecule has 2 aliphatic heterocycles. The smallest absolute Gasteiger partial charge is 0.129 e. The second-order valence-electron chi connectivity index (χ2n) is 9.19. The van der Waals surface area contributed by atoms with Gasteiger partial charge in [0.05, 0.1) is 11.3 Å². The van der Waals surface area contributed by atoms with Gasteiger partial charge in [0.2, 0.25) is 0 Å². The van der Waals surface area contributed by atoms with E-state index in [2.05, 4.69) is 48.8 Å². The monoisotopic (exact) mass is 389 g/mol. The first kappa shape index (κ1) is 19.7. The number of nitrogens with zero attached hydrogens (tertiary/aromatic N) is 5. The SMILES string of the molecule is Cc1nc(N2CC3(CCN(c4ccc(C(C)C)cn4)CC3)C[C@@H]2C)ccc1C#N. The van der Waals surface area contributed by atoms with E-state index >= 15 is 0 Å². The normalized spacial score (nSPS) is 21.0. The Morgan fingerprint density at radius 1 is 1.14 bits per heavy atom. The lowest BCUT2D eigenvalue weighted by Crippen LogP contribution is -2.42. The molecule has 2 aromatic heterocycles. The van der Waals surface area contributed by atoms with Gasteiger partial charge in [-0.2, -0.15) is 5.26 Å². The molecule has 2 aliphatic rings. The largest absolute Gasteiger partial charge is 0.357 e. The Morgan fingerprint density at radius 3 is 2.45 bits per heavy atom. The molecule has 0 aromatic carbocycles. The van der Waals surface area contributed by atoms with Gasteiger partial charge in [0, 0.05) is 31.9 Å². The van der Waals surface area contributed by atoms with Gasteiger partial charge >= 0.3 is 0 Å². The molecular weight excluding hydrogens is 358 g/mol. The lowest BCUT2D eigenvalue weighted by atomic mass is 9.77. The maximum atomic E-state index is 9.17. The minimum absolute atomic E-state index is 0.358. The Morgan fingerprint density at radius 2 is 1.86 bits per heavy atom. The van der Waals surface area contributed by atoms with Gasteiger partial charge in [0.1, 0.15) is 17.7 Å². The fraction of sp³-hybridized carbons (Fsp3) is 0.542. The average molecular weight is 390 g/mol. The molecule has 0 aliphatic carbocycles. The van der Waals surface area contributed by atoms with E-state index in [-0.39, 0.29) is 0 Å². The van der Waals surface area contributed by atoms with Crippen LogP contribution in [0.1, 0.15) is 62.8 Å². The van der Waals surface area contributed by atoms with Crippen molar-refractivity contribution in [1.29, 1.82) is 5.26 Å². The van der Waals surface area contributed by atoms with Gasteiger partial charge in [0.25, 0.3) is 0 Å². The first-order valence-electron chi connectivity index (χ1n) is 10.8. The summed E-state index contributed by atoms with van der Waals surface area (Å²) in [7, 11) is 0. The molecule has 5 nitrogen and oxygen atoms in total. The predicted molar refractivity (Wildman–Crippen MR) is 117 cm³/mol. The van der Waals surface area contributed by atoms with E-state index in [1.165, 1.54) is 24.8 Å². The first-order valence-corrected chi connectivity index (χ1v) is 10.8. The molecule has 2 fully saturated rings. The summed E-state index contributed by atoms with van der Waals surface area (Å²) in [5.74, 6) is 2.64. The minimum atomic E-state index is 0.358. The summed E-state index contributed by atoms with van der Waals surface area (Å²) in [6, 6.07) is 11.0. The molecule has 2 saturated heterocycles. The second-order valence-corrected chi connectivity index (χ2v) is 9.19. The number of hydrogen-bond donors (Lipinski definition) is 0. The molecule has 29 heavy (non-hydrogen) atoms. The summed E-state index contributed by atoms with van der Waals surface area (Å²) in [6.07, 6.45) is 5.62. The van der Waals surface area contributed by atoms with Crippen LogP contribution in [0.5, 0.6) is 0 Å². The fourth-order valence-corrected chi connectivity index (χ4v) is 4.95. The molecule has 0 radical (unpaired) electrons. The summed E-state index contributed by atoms with van der Waals surface area (Å²) < 4.78 is 0. The van der Waals surface area contributed by atoms with Crippen molar-refractivity contribution in [2.45, 2.75) is 58.9 Å². The van der Waals surface area contributed by atoms with Crippen LogP contribution in [-0.4, -0.2) is 35.6 Å². The van der Waals surface area contributed by atoms with Crippen molar-refractivity contribution in [2.75, 3.05) is 29.4 Å². The highest BCUT2D eigenvalue weighted by Crippen LogP contribution is 2.45. The van der Waals surface area contributed by atoms with Crippen molar-refractivity contribution in [3.05, 3.63) is 47.3 Å². The third-order valence-electron chi connectivity index (χ3n) is 6.84. The number of pyridine rings is 2. The van der Waals surface area contributed by atoms with Crippen molar-refractivity contribution in [3.63, 3.8) is 0 Å². The van der Waals surface area contributed by atoms with E-state index in [0.29, 0.717) is 22.9 Å². The molecule has 4 heterocycles. The van der Waals surface area contributed by atoms with E-state index in [0.717, 1.165) is 37.0 Å². The number of nitriles is 1. The van der Waals surface area contributed by atoms with Crippen LogP contribution < -0.4 is 9.80 Å². The molecule has 0 saturated carbocycles. The molecule has 5 heteroatoms. The van der Waals surface area contributed by atoms with Crippen molar-refractivity contribution >= 4 is 11.6 Å². The topological polar surface area (TPSA) is 56.1 Å². The summed E-state index contributed by atoms with van der Waals surface area (Å²) in [5, 5.41) is 9.17. The molecule has 1 atom stereocenters. The van der Waals surface area contributed by atoms with Crippen LogP contribution in [0.15, 0.2) is 30.5 Å². The fourth-order valence-electron chi connectivity index (χ4n) is 4.95. The number of rotatable bonds is 3. The third kappa shape index (κ3) is 3.81. The molecule has 152 valence electrons. The van der Waals surface area contributed by atoms with Gasteiger partial charge in [-0.15, -0.1) is 0 Å². The summed E-state index contributed by atoms with van der Waals surface area (Å²) >= 11 is 0. The van der Waals surface area contributed by atoms with Crippen LogP contribution >= 0.6 is 0 Å². The van der Waals surface area contributed by atoms with E-state index in [9.17, 15) is 5.26 Å². The highest BCUT2D eigenvalue weighted by Gasteiger charge is 2.44. The molecule has 0 N–H and O–H groups in total. The van der Waals surface area contributed by atoms with E-state index < -0.39 is 0 Å². The van der Waals surface area contributed by atoms with Crippen LogP contribution in [0.2, 0.25) is 0 Å². The number of anilines is 2. The van der Waals surface area contributed by atoms with Gasteiger partial charge in [-0.05, 0) is 68.2 Å². The van der Waals surface area contributed by atoms with Crippen molar-refractivity contribution < 1.29 is 0 Å². The maximum Gasteiger partial charge on any atom is 0.129 e. The quantitative estimate of drug-likeness (QED) is 0.764. The van der Waals surface area contributed by atoms with E-state index in [4.69, 9.17) is 9.97 Å². The van der Waals surface area contributed by atoms with Crippen LogP contribution in [-0.2, 0) is 0 Å². The Balaban J connectivity index is 1.43. The van der Waals surface area contributed by atoms with E-state index in [1.54, 1.807) is 0 Å². The zero-order chi connectivity index (χ0) is 20.6. The van der Waals surface area contributed by atoms with Gasteiger partial charge in [0.15, 0.2) is 0 Å². The Labute approximate surface area is 174 Å². The highest BCUT2D eigenvalue weighted by molar-refractivity contribution is 5.48. The summed E-state index contributed by atoms with van der Waals surface area (Å²) in [5.41, 5.74) is 3.15. The van der Waals surface area contributed by atoms with Crippen LogP contribution in [0.3, 0.4) is 0 Å². The van der Waals surface area contributed by atoms with Crippen LogP contribution in [0.25, 0.3) is 0 Å². The van der Waals surface area contributed by atoms with Gasteiger partial charge in [-0.25, -0.2) is 9.97 Å². The summed E-state index contributed by atoms with van der Waals surface area (Å²) in [6.45, 7) is 11.8. The van der Waals surface area contributed by atoms with Gasteiger partial charge in [-0.3, -0.25) is 0 Å². The number of aryl methyl sites for hydroxylation is 1. The van der Waals surface area contributed by atoms with Crippen molar-refractivity contribution in [2.24, 2.45) is 5.41 Å². The van der Waals surface area contributed by atoms with Gasteiger partial charge < -0.3 is 9.80 Å². The number of piperidine rings is 1. The molecule has 2 aromatic rings. The maximum absolute atomic E-state index is 9.17. The Bertz CT molecular complexity index is 904. The predicted octanol–water partition coefficient (Wildman–Crippen LogP) is 4.67. The molecule has 0 amide bonds. The third-order valence-corrected chi connectivity index (χ3v) is 6.84. The zero-order valence-electron chi connectivity index (χ0n) is 18.0. The van der Waals surface area contributed by atoms with Crippen LogP contribution in [0.4, 0.5) is 11.6 Å². The van der Waals surface area contributed by atoms with Gasteiger partial charge in [-0.1, -0.05) is 19.9 Å². The van der Waals surface area contributed by atoms with Crippen molar-refractivity contribution in [3.8, 4) is 6.07 Å². The Hall–Kier alpha value is -2.61. The molecule has 0 bridgehead atoms. The minimum Gasteiger partial charge on any atom is -0.357 e. The van der Waals surface area contributed by atoms with E-state index in [1.807, 2.05) is 25.3 Å². The summed E-state index contributed by atoms with van der Waals surface area (Å²) in [4.78, 5) is 14.3. The number of hydrogen-bond acceptors (Lipinski definition) is 5. The molecular formula is C24H31N5. The van der Waals surface area contributed by atoms with Crippen LogP contribution in [0, 0.1) is 23.7 Å². The standard InChI is InChI=1S/C24H31N5/c1-17(2)21-6-7-22(26-15-21)28-11-9-24(10-12-28)13-18(3)29(16-24)23-8-5-20(14-25)19(4)27-23/h5-8,15,17-18H,9-13,16H2,1-4H3/t18-/m0/s1. The van der Waals surface area contributed by atoms with Crippen molar-refractivity contribution in [1.82, 2.24) is 9.97 Å². The average Bonchev–Trinajstić information content (AvgIpc) is 3.04. The molecule has 4 rings (SSSR count). The highest BCUT2D eigenvalue weighted by atomic mass is 15.3. The molecule has 0 unspecified atom stereocenters. The number of aromatic nitrogens is 2. The first-order chi connectivity index (χ1) is 13.9.